The first-order valence-electron chi connectivity index (χ1n) is 11.3. The molecule has 0 fully saturated rings. The SMILES string of the molecule is CN(C)c1ccc(C2CC(c3cccc(Br)c3)=NN2C(=O)CN2C(=O)C(=O)c3cc(Cl)ccc32)cc1. The van der Waals surface area contributed by atoms with E-state index in [2.05, 4.69) is 15.9 Å². The fraction of sp³-hybridized carbons (Fsp3) is 0.185. The maximum absolute atomic E-state index is 13.6. The summed E-state index contributed by atoms with van der Waals surface area (Å²) in [5.74, 6) is -1.80. The molecule has 1 atom stereocenters. The highest BCUT2D eigenvalue weighted by atomic mass is 79.9. The number of anilines is 2. The molecule has 0 saturated heterocycles. The van der Waals surface area contributed by atoms with E-state index in [9.17, 15) is 14.4 Å². The molecular formula is C27H22BrClN4O3. The van der Waals surface area contributed by atoms with Crippen molar-refractivity contribution in [2.75, 3.05) is 30.4 Å². The van der Waals surface area contributed by atoms with Crippen LogP contribution in [0.1, 0.15) is 33.9 Å². The molecule has 7 nitrogen and oxygen atoms in total. The van der Waals surface area contributed by atoms with Crippen molar-refractivity contribution < 1.29 is 14.4 Å². The number of nitrogens with zero attached hydrogens (tertiary/aromatic N) is 4. The Kier molecular flexibility index (Phi) is 6.40. The zero-order chi connectivity index (χ0) is 25.6. The second-order valence-electron chi connectivity index (χ2n) is 8.88. The van der Waals surface area contributed by atoms with E-state index in [-0.39, 0.29) is 24.1 Å². The summed E-state index contributed by atoms with van der Waals surface area (Å²) in [5, 5.41) is 6.49. The number of Topliss-reactive ketones (excluding diaryl/α,β-unsaturated/α-hetero) is 1. The first-order chi connectivity index (χ1) is 17.2. The Balaban J connectivity index is 1.48. The maximum Gasteiger partial charge on any atom is 0.299 e. The van der Waals surface area contributed by atoms with Crippen LogP contribution in [-0.4, -0.2) is 49.0 Å². The van der Waals surface area contributed by atoms with Gasteiger partial charge in [0.25, 0.3) is 17.6 Å². The lowest BCUT2D eigenvalue weighted by Gasteiger charge is -2.25. The molecule has 0 aromatic heterocycles. The Morgan fingerprint density at radius 3 is 2.53 bits per heavy atom. The van der Waals surface area contributed by atoms with Crippen LogP contribution in [0.15, 0.2) is 76.3 Å². The third-order valence-corrected chi connectivity index (χ3v) is 7.07. The van der Waals surface area contributed by atoms with Gasteiger partial charge in [-0.3, -0.25) is 19.3 Å². The number of halogens is 2. The van der Waals surface area contributed by atoms with Gasteiger partial charge < -0.3 is 4.90 Å². The lowest BCUT2D eigenvalue weighted by atomic mass is 9.98. The highest BCUT2D eigenvalue weighted by Crippen LogP contribution is 2.36. The van der Waals surface area contributed by atoms with Gasteiger partial charge in [0.2, 0.25) is 0 Å². The maximum atomic E-state index is 13.6. The van der Waals surface area contributed by atoms with Crippen LogP contribution in [0.3, 0.4) is 0 Å². The number of ketones is 1. The number of hydrazone groups is 1. The van der Waals surface area contributed by atoms with Crippen molar-refractivity contribution in [2.24, 2.45) is 5.10 Å². The number of hydrogen-bond acceptors (Lipinski definition) is 5. The van der Waals surface area contributed by atoms with Gasteiger partial charge in [0, 0.05) is 35.7 Å². The summed E-state index contributed by atoms with van der Waals surface area (Å²) in [7, 11) is 3.93. The molecule has 0 spiro atoms. The van der Waals surface area contributed by atoms with E-state index in [0.29, 0.717) is 17.1 Å². The fourth-order valence-corrected chi connectivity index (χ4v) is 5.05. The highest BCUT2D eigenvalue weighted by Gasteiger charge is 2.40. The van der Waals surface area contributed by atoms with Crippen LogP contribution in [0.2, 0.25) is 5.02 Å². The second-order valence-corrected chi connectivity index (χ2v) is 10.2. The minimum absolute atomic E-state index is 0.205. The largest absolute Gasteiger partial charge is 0.378 e. The number of fused-ring (bicyclic) bond motifs is 1. The second kappa shape index (κ2) is 9.52. The standard InChI is InChI=1S/C27H22BrClN4O3/c1-31(2)20-9-6-16(7-10-20)24-14-22(17-4-3-5-18(28)12-17)30-33(24)25(34)15-32-23-11-8-19(29)13-21(23)26(35)27(32)36/h3-13,24H,14-15H2,1-2H3. The minimum Gasteiger partial charge on any atom is -0.378 e. The smallest absolute Gasteiger partial charge is 0.299 e. The van der Waals surface area contributed by atoms with Gasteiger partial charge in [0.1, 0.15) is 6.54 Å². The molecule has 0 bridgehead atoms. The van der Waals surface area contributed by atoms with Gasteiger partial charge in [-0.25, -0.2) is 5.01 Å². The van der Waals surface area contributed by atoms with Crippen LogP contribution in [0.5, 0.6) is 0 Å². The highest BCUT2D eigenvalue weighted by molar-refractivity contribution is 9.10. The Labute approximate surface area is 222 Å². The Bertz CT molecular complexity index is 1420. The molecule has 9 heteroatoms. The minimum atomic E-state index is -0.747. The van der Waals surface area contributed by atoms with Crippen LogP contribution in [-0.2, 0) is 9.59 Å². The molecule has 2 aliphatic rings. The van der Waals surface area contributed by atoms with Gasteiger partial charge in [0.15, 0.2) is 0 Å². The van der Waals surface area contributed by atoms with Gasteiger partial charge in [0.05, 0.1) is 23.0 Å². The normalized spacial score (nSPS) is 16.9. The molecular weight excluding hydrogens is 544 g/mol. The lowest BCUT2D eigenvalue weighted by Crippen LogP contribution is -2.40. The molecule has 182 valence electrons. The van der Waals surface area contributed by atoms with Crippen molar-refractivity contribution in [3.63, 3.8) is 0 Å². The fourth-order valence-electron chi connectivity index (χ4n) is 4.47. The summed E-state index contributed by atoms with van der Waals surface area (Å²) in [4.78, 5) is 42.0. The molecule has 5 rings (SSSR count). The van der Waals surface area contributed by atoms with Crippen molar-refractivity contribution in [1.82, 2.24) is 5.01 Å². The Morgan fingerprint density at radius 1 is 1.08 bits per heavy atom. The monoisotopic (exact) mass is 564 g/mol. The predicted molar refractivity (Wildman–Crippen MR) is 144 cm³/mol. The summed E-state index contributed by atoms with van der Waals surface area (Å²) < 4.78 is 0.913. The van der Waals surface area contributed by atoms with Crippen LogP contribution in [0.4, 0.5) is 11.4 Å². The van der Waals surface area contributed by atoms with Gasteiger partial charge in [-0.2, -0.15) is 5.10 Å². The van der Waals surface area contributed by atoms with Crippen molar-refractivity contribution >= 4 is 62.2 Å². The quantitative estimate of drug-likeness (QED) is 0.405. The summed E-state index contributed by atoms with van der Waals surface area (Å²) in [6.45, 7) is -0.305. The summed E-state index contributed by atoms with van der Waals surface area (Å²) in [5.41, 5.74) is 4.23. The third kappa shape index (κ3) is 4.42. The van der Waals surface area contributed by atoms with Crippen LogP contribution in [0, 0.1) is 0 Å². The summed E-state index contributed by atoms with van der Waals surface area (Å²) in [6, 6.07) is 20.0. The molecule has 0 radical (unpaired) electrons. The van der Waals surface area contributed by atoms with E-state index in [1.807, 2.05) is 67.5 Å². The number of rotatable bonds is 5. The number of carbonyl (C=O) groups excluding carboxylic acids is 3. The van der Waals surface area contributed by atoms with Gasteiger partial charge in [-0.1, -0.05) is 51.8 Å². The average molecular weight is 566 g/mol. The van der Waals surface area contributed by atoms with E-state index >= 15 is 0 Å². The van der Waals surface area contributed by atoms with Gasteiger partial charge >= 0.3 is 0 Å². The molecule has 36 heavy (non-hydrogen) atoms. The zero-order valence-corrected chi connectivity index (χ0v) is 22.0. The zero-order valence-electron chi connectivity index (χ0n) is 19.6. The van der Waals surface area contributed by atoms with Crippen LogP contribution in [0.25, 0.3) is 0 Å². The third-order valence-electron chi connectivity index (χ3n) is 6.34. The van der Waals surface area contributed by atoms with Gasteiger partial charge in [-0.05, 0) is 53.6 Å². The Hall–Kier alpha value is -3.49. The van der Waals surface area contributed by atoms with E-state index in [0.717, 1.165) is 27.0 Å². The van der Waals surface area contributed by atoms with Crippen molar-refractivity contribution in [3.05, 3.63) is 92.9 Å². The van der Waals surface area contributed by atoms with E-state index in [4.69, 9.17) is 16.7 Å². The molecule has 0 N–H and O–H groups in total. The van der Waals surface area contributed by atoms with E-state index in [1.54, 1.807) is 12.1 Å². The molecule has 2 heterocycles. The molecule has 0 aliphatic carbocycles. The van der Waals surface area contributed by atoms with Crippen LogP contribution >= 0.6 is 27.5 Å². The molecule has 1 unspecified atom stereocenters. The number of hydrogen-bond donors (Lipinski definition) is 0. The number of benzene rings is 3. The van der Waals surface area contributed by atoms with Crippen molar-refractivity contribution in [3.8, 4) is 0 Å². The molecule has 3 aromatic carbocycles. The Morgan fingerprint density at radius 2 is 1.83 bits per heavy atom. The van der Waals surface area contributed by atoms with E-state index in [1.165, 1.54) is 16.0 Å². The van der Waals surface area contributed by atoms with Crippen LogP contribution < -0.4 is 9.80 Å². The first kappa shape index (κ1) is 24.2. The average Bonchev–Trinajstić information content (AvgIpc) is 3.40. The van der Waals surface area contributed by atoms with E-state index < -0.39 is 11.7 Å². The van der Waals surface area contributed by atoms with Crippen molar-refractivity contribution in [2.45, 2.75) is 12.5 Å². The summed E-state index contributed by atoms with van der Waals surface area (Å²) in [6.07, 6.45) is 0.516. The van der Waals surface area contributed by atoms with Crippen molar-refractivity contribution in [1.29, 1.82) is 0 Å². The molecule has 0 saturated carbocycles. The summed E-state index contributed by atoms with van der Waals surface area (Å²) >= 11 is 9.52. The van der Waals surface area contributed by atoms with Gasteiger partial charge in [-0.15, -0.1) is 0 Å². The lowest BCUT2D eigenvalue weighted by molar-refractivity contribution is -0.132. The first-order valence-corrected chi connectivity index (χ1v) is 12.5. The molecule has 2 amide bonds. The number of amides is 2. The molecule has 3 aromatic rings. The number of carbonyl (C=O) groups is 3. The topological polar surface area (TPSA) is 73.3 Å². The predicted octanol–water partition coefficient (Wildman–Crippen LogP) is 5.08. The molecule has 2 aliphatic heterocycles.